The lowest BCUT2D eigenvalue weighted by atomic mass is 10.1. The van der Waals surface area contributed by atoms with Crippen LogP contribution in [0.4, 0.5) is 10.1 Å². The summed E-state index contributed by atoms with van der Waals surface area (Å²) in [5, 5.41) is 0. The maximum Gasteiger partial charge on any atom is 0.338 e. The number of pyridine rings is 1. The molecule has 2 rings (SSSR count). The van der Waals surface area contributed by atoms with Gasteiger partial charge in [-0.2, -0.15) is 0 Å². The normalized spacial score (nSPS) is 10.3. The molecule has 0 fully saturated rings. The molecule has 4 nitrogen and oxygen atoms in total. The molecule has 2 aromatic rings. The second-order valence-electron chi connectivity index (χ2n) is 4.26. The van der Waals surface area contributed by atoms with Crippen molar-refractivity contribution in [3.63, 3.8) is 0 Å². The van der Waals surface area contributed by atoms with E-state index in [9.17, 15) is 9.18 Å². The molecule has 20 heavy (non-hydrogen) atoms. The molecule has 0 aliphatic rings. The van der Waals surface area contributed by atoms with Gasteiger partial charge < -0.3 is 10.5 Å². The number of esters is 1. The smallest absolute Gasteiger partial charge is 0.338 e. The van der Waals surface area contributed by atoms with Crippen LogP contribution in [0.2, 0.25) is 0 Å². The molecule has 0 bridgehead atoms. The van der Waals surface area contributed by atoms with Crippen LogP contribution in [-0.4, -0.2) is 11.0 Å². The lowest BCUT2D eigenvalue weighted by Crippen LogP contribution is -2.07. The fraction of sp³-hybridized carbons (Fsp3) is 0.143. The average Bonchev–Trinajstić information content (AvgIpc) is 2.41. The van der Waals surface area contributed by atoms with E-state index >= 15 is 0 Å². The first-order valence-corrected chi connectivity index (χ1v) is 6.59. The molecule has 0 aliphatic carbocycles. The van der Waals surface area contributed by atoms with Crippen LogP contribution >= 0.6 is 15.9 Å². The molecular formula is C14H12BrFN2O2. The van der Waals surface area contributed by atoms with Crippen molar-refractivity contribution in [3.8, 4) is 0 Å². The number of ether oxygens (including phenoxy) is 1. The summed E-state index contributed by atoms with van der Waals surface area (Å²) in [7, 11) is 0. The van der Waals surface area contributed by atoms with Crippen molar-refractivity contribution < 1.29 is 13.9 Å². The second-order valence-corrected chi connectivity index (χ2v) is 5.18. The molecule has 104 valence electrons. The first kappa shape index (κ1) is 14.5. The maximum absolute atomic E-state index is 13.5. The highest BCUT2D eigenvalue weighted by Crippen LogP contribution is 2.19. The van der Waals surface area contributed by atoms with Crippen molar-refractivity contribution in [3.05, 3.63) is 57.6 Å². The minimum atomic E-state index is -0.629. The number of rotatable bonds is 3. The van der Waals surface area contributed by atoms with E-state index in [0.717, 1.165) is 16.1 Å². The molecule has 1 heterocycles. The van der Waals surface area contributed by atoms with Crippen molar-refractivity contribution in [1.82, 2.24) is 4.98 Å². The topological polar surface area (TPSA) is 65.2 Å². The van der Waals surface area contributed by atoms with E-state index in [1.807, 2.05) is 0 Å². The predicted molar refractivity (Wildman–Crippen MR) is 76.6 cm³/mol. The Bertz CT molecular complexity index is 638. The number of nitrogens with two attached hydrogens (primary N) is 1. The van der Waals surface area contributed by atoms with Crippen molar-refractivity contribution >= 4 is 27.6 Å². The Labute approximate surface area is 123 Å². The quantitative estimate of drug-likeness (QED) is 0.689. The van der Waals surface area contributed by atoms with Crippen molar-refractivity contribution in [1.29, 1.82) is 0 Å². The van der Waals surface area contributed by atoms with Gasteiger partial charge in [0.1, 0.15) is 12.4 Å². The van der Waals surface area contributed by atoms with Gasteiger partial charge in [0.05, 0.1) is 5.56 Å². The van der Waals surface area contributed by atoms with Gasteiger partial charge in [0, 0.05) is 33.7 Å². The standard InChI is InChI=1S/C14H12BrFN2O2/c1-8-12(16)3-10(4-13(8)17)14(19)20-7-9-2-11(15)6-18-5-9/h2-6H,7,17H2,1H3. The Hall–Kier alpha value is -1.95. The van der Waals surface area contributed by atoms with Crippen molar-refractivity contribution in [2.75, 3.05) is 5.73 Å². The third kappa shape index (κ3) is 3.33. The molecule has 0 radical (unpaired) electrons. The summed E-state index contributed by atoms with van der Waals surface area (Å²) in [6, 6.07) is 4.30. The highest BCUT2D eigenvalue weighted by molar-refractivity contribution is 9.10. The summed E-state index contributed by atoms with van der Waals surface area (Å²) in [5.41, 5.74) is 6.98. The molecule has 0 amide bonds. The van der Waals surface area contributed by atoms with Crippen LogP contribution < -0.4 is 5.73 Å². The SMILES string of the molecule is Cc1c(N)cc(C(=O)OCc2cncc(Br)c2)cc1F. The number of hydrogen-bond donors (Lipinski definition) is 1. The Morgan fingerprint density at radius 2 is 2.15 bits per heavy atom. The number of benzene rings is 1. The number of halogens is 2. The molecule has 0 spiro atoms. The second kappa shape index (κ2) is 6.00. The number of hydrogen-bond acceptors (Lipinski definition) is 4. The van der Waals surface area contributed by atoms with Gasteiger partial charge in [-0.05, 0) is 41.1 Å². The molecule has 0 aliphatic heterocycles. The molecule has 0 saturated carbocycles. The van der Waals surface area contributed by atoms with E-state index in [-0.39, 0.29) is 17.9 Å². The third-order valence-corrected chi connectivity index (χ3v) is 3.19. The van der Waals surface area contributed by atoms with Crippen LogP contribution in [0.1, 0.15) is 21.5 Å². The van der Waals surface area contributed by atoms with Crippen LogP contribution in [-0.2, 0) is 11.3 Å². The van der Waals surface area contributed by atoms with E-state index in [1.54, 1.807) is 25.4 Å². The Kier molecular flexibility index (Phi) is 4.34. The predicted octanol–water partition coefficient (Wildman–Crippen LogP) is 3.23. The number of anilines is 1. The molecule has 0 unspecified atom stereocenters. The number of aromatic nitrogens is 1. The van der Waals surface area contributed by atoms with E-state index in [0.29, 0.717) is 5.56 Å². The Morgan fingerprint density at radius 3 is 2.80 bits per heavy atom. The van der Waals surface area contributed by atoms with Gasteiger partial charge in [-0.3, -0.25) is 4.98 Å². The highest BCUT2D eigenvalue weighted by atomic mass is 79.9. The van der Waals surface area contributed by atoms with Crippen molar-refractivity contribution in [2.45, 2.75) is 13.5 Å². The lowest BCUT2D eigenvalue weighted by Gasteiger charge is -2.08. The zero-order chi connectivity index (χ0) is 14.7. The van der Waals surface area contributed by atoms with Crippen LogP contribution in [0.3, 0.4) is 0 Å². The van der Waals surface area contributed by atoms with E-state index < -0.39 is 11.8 Å². The summed E-state index contributed by atoms with van der Waals surface area (Å²) >= 11 is 3.27. The third-order valence-electron chi connectivity index (χ3n) is 2.75. The minimum Gasteiger partial charge on any atom is -0.457 e. The molecule has 6 heteroatoms. The number of nitrogen functional groups attached to an aromatic ring is 1. The van der Waals surface area contributed by atoms with E-state index in [4.69, 9.17) is 10.5 Å². The summed E-state index contributed by atoms with van der Waals surface area (Å²) in [6.07, 6.45) is 3.21. The van der Waals surface area contributed by atoms with Gasteiger partial charge in [-0.25, -0.2) is 9.18 Å². The molecule has 1 aromatic carbocycles. The molecule has 1 aromatic heterocycles. The van der Waals surface area contributed by atoms with Gasteiger partial charge in [0.25, 0.3) is 0 Å². The molecule has 0 atom stereocenters. The average molecular weight is 339 g/mol. The fourth-order valence-corrected chi connectivity index (χ4v) is 2.00. The molecule has 2 N–H and O–H groups in total. The summed E-state index contributed by atoms with van der Waals surface area (Å²) in [4.78, 5) is 15.8. The van der Waals surface area contributed by atoms with Gasteiger partial charge in [-0.15, -0.1) is 0 Å². The largest absolute Gasteiger partial charge is 0.457 e. The monoisotopic (exact) mass is 338 g/mol. The first-order valence-electron chi connectivity index (χ1n) is 5.79. The summed E-state index contributed by atoms with van der Waals surface area (Å²) in [6.45, 7) is 1.60. The van der Waals surface area contributed by atoms with Crippen LogP contribution in [0, 0.1) is 12.7 Å². The van der Waals surface area contributed by atoms with Gasteiger partial charge >= 0.3 is 5.97 Å². The zero-order valence-corrected chi connectivity index (χ0v) is 12.3. The van der Waals surface area contributed by atoms with E-state index in [1.165, 1.54) is 6.07 Å². The Balaban J connectivity index is 2.09. The summed E-state index contributed by atoms with van der Waals surface area (Å²) < 4.78 is 19.4. The van der Waals surface area contributed by atoms with Gasteiger partial charge in [0.15, 0.2) is 0 Å². The maximum atomic E-state index is 13.5. The van der Waals surface area contributed by atoms with Crippen LogP contribution in [0.5, 0.6) is 0 Å². The molecular weight excluding hydrogens is 327 g/mol. The van der Waals surface area contributed by atoms with Crippen LogP contribution in [0.25, 0.3) is 0 Å². The van der Waals surface area contributed by atoms with Crippen molar-refractivity contribution in [2.24, 2.45) is 0 Å². The van der Waals surface area contributed by atoms with Gasteiger partial charge in [-0.1, -0.05) is 0 Å². The zero-order valence-electron chi connectivity index (χ0n) is 10.7. The molecule has 0 saturated heterocycles. The summed E-state index contributed by atoms with van der Waals surface area (Å²) in [5.74, 6) is -1.16. The van der Waals surface area contributed by atoms with Crippen LogP contribution in [0.15, 0.2) is 35.1 Å². The first-order chi connectivity index (χ1) is 9.47. The number of carbonyl (C=O) groups excluding carboxylic acids is 1. The fourth-order valence-electron chi connectivity index (χ4n) is 1.58. The van der Waals surface area contributed by atoms with Gasteiger partial charge in [0.2, 0.25) is 0 Å². The minimum absolute atomic E-state index is 0.0562. The lowest BCUT2D eigenvalue weighted by molar-refractivity contribution is 0.0472. The number of nitrogens with zero attached hydrogens (tertiary/aromatic N) is 1. The van der Waals surface area contributed by atoms with E-state index in [2.05, 4.69) is 20.9 Å². The highest BCUT2D eigenvalue weighted by Gasteiger charge is 2.12. The Morgan fingerprint density at radius 1 is 1.40 bits per heavy atom. The number of carbonyl (C=O) groups is 1.